The number of hydrogen-bond acceptors (Lipinski definition) is 7. The molecule has 0 amide bonds. The molecule has 1 N–H and O–H groups in total. The fourth-order valence-corrected chi connectivity index (χ4v) is 3.12. The number of thiazole rings is 1. The van der Waals surface area contributed by atoms with Crippen molar-refractivity contribution in [2.45, 2.75) is 20.8 Å². The summed E-state index contributed by atoms with van der Waals surface area (Å²) in [5.41, 5.74) is 4.25. The molecule has 0 saturated carbocycles. The van der Waals surface area contributed by atoms with Gasteiger partial charge >= 0.3 is 0 Å². The summed E-state index contributed by atoms with van der Waals surface area (Å²) < 4.78 is 10.8. The van der Waals surface area contributed by atoms with Gasteiger partial charge in [0.15, 0.2) is 17.3 Å². The van der Waals surface area contributed by atoms with Gasteiger partial charge in [0.2, 0.25) is 5.13 Å². The number of anilines is 1. The molecular weight excluding hydrogens is 350 g/mol. The molecule has 0 atom stereocenters. The molecule has 0 aliphatic heterocycles. The van der Waals surface area contributed by atoms with Crippen molar-refractivity contribution in [3.8, 4) is 11.5 Å². The van der Waals surface area contributed by atoms with Gasteiger partial charge in [0, 0.05) is 6.92 Å². The highest BCUT2D eigenvalue weighted by Gasteiger charge is 2.12. The zero-order valence-corrected chi connectivity index (χ0v) is 15.4. The van der Waals surface area contributed by atoms with Gasteiger partial charge in [0.1, 0.15) is 0 Å². The molecular formula is C16H18ClN3O3S. The highest BCUT2D eigenvalue weighted by molar-refractivity contribution is 7.17. The summed E-state index contributed by atoms with van der Waals surface area (Å²) in [6, 6.07) is 3.50. The lowest BCUT2D eigenvalue weighted by molar-refractivity contribution is 0.102. The van der Waals surface area contributed by atoms with E-state index in [1.807, 2.05) is 6.92 Å². The maximum Gasteiger partial charge on any atom is 0.204 e. The first-order valence-electron chi connectivity index (χ1n) is 7.24. The number of hydrazone groups is 1. The number of benzene rings is 1. The zero-order chi connectivity index (χ0) is 17.7. The zero-order valence-electron chi connectivity index (χ0n) is 13.8. The second-order valence-corrected chi connectivity index (χ2v) is 6.23. The smallest absolute Gasteiger partial charge is 0.204 e. The standard InChI is InChI=1S/C16H18ClN3O3S/c1-5-23-14-12(17)6-11(7-13(14)22-4)8-18-20-16-19-9(2)15(24-16)10(3)21/h6-8H,5H2,1-4H3,(H,19,20)/b18-8-. The van der Waals surface area contributed by atoms with Crippen LogP contribution in [0.25, 0.3) is 0 Å². The van der Waals surface area contributed by atoms with Crippen LogP contribution in [0, 0.1) is 6.92 Å². The predicted octanol–water partition coefficient (Wildman–Crippen LogP) is 4.16. The van der Waals surface area contributed by atoms with E-state index in [-0.39, 0.29) is 5.78 Å². The molecule has 1 aromatic carbocycles. The van der Waals surface area contributed by atoms with E-state index in [2.05, 4.69) is 15.5 Å². The van der Waals surface area contributed by atoms with Crippen molar-refractivity contribution in [2.24, 2.45) is 5.10 Å². The Morgan fingerprint density at radius 3 is 2.83 bits per heavy atom. The van der Waals surface area contributed by atoms with Crippen molar-refractivity contribution in [3.63, 3.8) is 0 Å². The number of aromatic nitrogens is 1. The van der Waals surface area contributed by atoms with Gasteiger partial charge in [-0.25, -0.2) is 4.98 Å². The Labute approximate surface area is 149 Å². The van der Waals surface area contributed by atoms with Crippen LogP contribution in [0.3, 0.4) is 0 Å². The van der Waals surface area contributed by atoms with E-state index in [4.69, 9.17) is 21.1 Å². The summed E-state index contributed by atoms with van der Waals surface area (Å²) in [5.74, 6) is 1.04. The molecule has 0 spiro atoms. The molecule has 1 aromatic heterocycles. The molecule has 0 aliphatic carbocycles. The lowest BCUT2D eigenvalue weighted by Gasteiger charge is -2.11. The number of ether oxygens (including phenoxy) is 2. The highest BCUT2D eigenvalue weighted by atomic mass is 35.5. The summed E-state index contributed by atoms with van der Waals surface area (Å²) in [6.07, 6.45) is 1.59. The van der Waals surface area contributed by atoms with Crippen molar-refractivity contribution in [3.05, 3.63) is 33.3 Å². The Morgan fingerprint density at radius 1 is 1.50 bits per heavy atom. The minimum atomic E-state index is -0.00920. The van der Waals surface area contributed by atoms with E-state index < -0.39 is 0 Å². The van der Waals surface area contributed by atoms with E-state index in [1.165, 1.54) is 18.3 Å². The molecule has 24 heavy (non-hydrogen) atoms. The molecule has 128 valence electrons. The second-order valence-electron chi connectivity index (χ2n) is 4.83. The molecule has 8 heteroatoms. The number of nitrogens with one attached hydrogen (secondary N) is 1. The molecule has 0 saturated heterocycles. The monoisotopic (exact) mass is 367 g/mol. The predicted molar refractivity (Wildman–Crippen MR) is 97.2 cm³/mol. The number of halogens is 1. The molecule has 0 aliphatic rings. The van der Waals surface area contributed by atoms with Crippen molar-refractivity contribution in [2.75, 3.05) is 19.1 Å². The number of ketones is 1. The highest BCUT2D eigenvalue weighted by Crippen LogP contribution is 2.36. The maximum atomic E-state index is 11.4. The van der Waals surface area contributed by atoms with Gasteiger partial charge in [-0.05, 0) is 31.5 Å². The molecule has 1 heterocycles. The fraction of sp³-hybridized carbons (Fsp3) is 0.312. The van der Waals surface area contributed by atoms with E-state index in [0.29, 0.717) is 38.8 Å². The Bertz CT molecular complexity index is 774. The van der Waals surface area contributed by atoms with Crippen LogP contribution >= 0.6 is 22.9 Å². The average molecular weight is 368 g/mol. The van der Waals surface area contributed by atoms with Crippen LogP contribution in [0.4, 0.5) is 5.13 Å². The van der Waals surface area contributed by atoms with Crippen LogP contribution in [0.5, 0.6) is 11.5 Å². The quantitative estimate of drug-likeness (QED) is 0.452. The number of hydrogen-bond donors (Lipinski definition) is 1. The van der Waals surface area contributed by atoms with E-state index >= 15 is 0 Å². The van der Waals surface area contributed by atoms with Crippen LogP contribution in [0.2, 0.25) is 5.02 Å². The third kappa shape index (κ3) is 4.24. The largest absolute Gasteiger partial charge is 0.493 e. The first kappa shape index (κ1) is 18.2. The second kappa shape index (κ2) is 8.12. The molecule has 2 aromatic rings. The third-order valence-corrected chi connectivity index (χ3v) is 4.47. The van der Waals surface area contributed by atoms with Crippen molar-refractivity contribution in [1.29, 1.82) is 0 Å². The topological polar surface area (TPSA) is 72.8 Å². The summed E-state index contributed by atoms with van der Waals surface area (Å²) in [4.78, 5) is 16.3. The molecule has 6 nitrogen and oxygen atoms in total. The lowest BCUT2D eigenvalue weighted by Crippen LogP contribution is -1.98. The third-order valence-electron chi connectivity index (χ3n) is 3.03. The number of nitrogens with zero attached hydrogens (tertiary/aromatic N) is 2. The van der Waals surface area contributed by atoms with E-state index in [9.17, 15) is 4.79 Å². The molecule has 2 rings (SSSR count). The minimum absolute atomic E-state index is 0.00920. The van der Waals surface area contributed by atoms with Gasteiger partial charge in [-0.2, -0.15) is 5.10 Å². The molecule has 0 radical (unpaired) electrons. The van der Waals surface area contributed by atoms with Crippen molar-refractivity contribution >= 4 is 40.1 Å². The Hall–Kier alpha value is -2.12. The Kier molecular flexibility index (Phi) is 6.16. The number of aryl methyl sites for hydroxylation is 1. The first-order chi connectivity index (χ1) is 11.5. The fourth-order valence-electron chi connectivity index (χ4n) is 2.03. The number of Topliss-reactive ketones (excluding diaryl/α,β-unsaturated/α-hetero) is 1. The van der Waals surface area contributed by atoms with E-state index in [1.54, 1.807) is 32.4 Å². The lowest BCUT2D eigenvalue weighted by atomic mass is 10.2. The average Bonchev–Trinajstić information content (AvgIpc) is 2.90. The van der Waals surface area contributed by atoms with Gasteiger partial charge in [0.25, 0.3) is 0 Å². The summed E-state index contributed by atoms with van der Waals surface area (Å²) in [7, 11) is 1.55. The van der Waals surface area contributed by atoms with Crippen LogP contribution in [-0.2, 0) is 0 Å². The normalized spacial score (nSPS) is 10.9. The van der Waals surface area contributed by atoms with Crippen LogP contribution in [-0.4, -0.2) is 30.7 Å². The number of rotatable bonds is 7. The summed E-state index contributed by atoms with van der Waals surface area (Å²) in [6.45, 7) is 5.67. The summed E-state index contributed by atoms with van der Waals surface area (Å²) >= 11 is 7.48. The minimum Gasteiger partial charge on any atom is -0.493 e. The van der Waals surface area contributed by atoms with Crippen LogP contribution in [0.15, 0.2) is 17.2 Å². The van der Waals surface area contributed by atoms with Gasteiger partial charge in [-0.15, -0.1) is 0 Å². The van der Waals surface area contributed by atoms with Gasteiger partial charge in [-0.3, -0.25) is 10.2 Å². The molecule has 0 fully saturated rings. The van der Waals surface area contributed by atoms with Gasteiger partial charge in [0.05, 0.1) is 35.5 Å². The Morgan fingerprint density at radius 2 is 2.25 bits per heavy atom. The number of carbonyl (C=O) groups excluding carboxylic acids is 1. The maximum absolute atomic E-state index is 11.4. The Balaban J connectivity index is 2.16. The number of methoxy groups -OCH3 is 1. The number of carbonyl (C=O) groups is 1. The van der Waals surface area contributed by atoms with Gasteiger partial charge < -0.3 is 9.47 Å². The van der Waals surface area contributed by atoms with Crippen molar-refractivity contribution in [1.82, 2.24) is 4.98 Å². The molecule has 0 unspecified atom stereocenters. The van der Waals surface area contributed by atoms with Crippen molar-refractivity contribution < 1.29 is 14.3 Å². The van der Waals surface area contributed by atoms with Crippen LogP contribution in [0.1, 0.15) is 34.8 Å². The van der Waals surface area contributed by atoms with E-state index in [0.717, 1.165) is 5.56 Å². The SMILES string of the molecule is CCOc1c(Cl)cc(/C=N\Nc2nc(C)c(C(C)=O)s2)cc1OC. The van der Waals surface area contributed by atoms with Gasteiger partial charge in [-0.1, -0.05) is 22.9 Å². The molecule has 0 bridgehead atoms. The first-order valence-corrected chi connectivity index (χ1v) is 8.43. The summed E-state index contributed by atoms with van der Waals surface area (Å²) in [5, 5.41) is 5.12. The van der Waals surface area contributed by atoms with Crippen LogP contribution < -0.4 is 14.9 Å².